The number of halogens is 1. The summed E-state index contributed by atoms with van der Waals surface area (Å²) in [6.07, 6.45) is -1.17. The van der Waals surface area contributed by atoms with E-state index in [9.17, 15) is 14.9 Å². The summed E-state index contributed by atoms with van der Waals surface area (Å²) in [5.41, 5.74) is -1.31. The summed E-state index contributed by atoms with van der Waals surface area (Å²) in [5.74, 6) is -2.48. The van der Waals surface area contributed by atoms with Crippen molar-refractivity contribution in [2.45, 2.75) is 18.3 Å². The van der Waals surface area contributed by atoms with Gasteiger partial charge in [-0.05, 0) is 17.7 Å². The van der Waals surface area contributed by atoms with Crippen LogP contribution in [0.15, 0.2) is 24.3 Å². The van der Waals surface area contributed by atoms with E-state index >= 15 is 0 Å². The number of benzene rings is 1. The molecule has 0 aliphatic carbocycles. The monoisotopic (exact) mass is 267 g/mol. The Hall–Kier alpha value is -2.06. The average molecular weight is 268 g/mol. The molecule has 5 nitrogen and oxygen atoms in total. The molecular weight excluding hydrogens is 258 g/mol. The van der Waals surface area contributed by atoms with Crippen LogP contribution in [-0.4, -0.2) is 22.2 Å². The SMILES string of the molecule is N#CC(CC(=O)O)(CC(=O)O)c1cccc(Cl)c1. The molecule has 1 rings (SSSR count). The molecular formula is C12H10ClNO4. The number of nitriles is 1. The quantitative estimate of drug-likeness (QED) is 0.851. The lowest BCUT2D eigenvalue weighted by atomic mass is 9.76. The normalized spacial score (nSPS) is 10.7. The molecule has 0 heterocycles. The van der Waals surface area contributed by atoms with Gasteiger partial charge in [0, 0.05) is 5.02 Å². The molecule has 2 N–H and O–H groups in total. The molecule has 94 valence electrons. The van der Waals surface area contributed by atoms with E-state index in [-0.39, 0.29) is 0 Å². The number of aliphatic carboxylic acids is 2. The highest BCUT2D eigenvalue weighted by atomic mass is 35.5. The summed E-state index contributed by atoms with van der Waals surface area (Å²) in [7, 11) is 0. The molecule has 0 aliphatic rings. The minimum atomic E-state index is -1.61. The van der Waals surface area contributed by atoms with Crippen molar-refractivity contribution in [2.24, 2.45) is 0 Å². The molecule has 0 bridgehead atoms. The standard InChI is InChI=1S/C12H10ClNO4/c13-9-3-1-2-8(4-9)12(7-14,5-10(15)16)6-11(17)18/h1-4H,5-6H2,(H,15,16)(H,17,18). The molecule has 18 heavy (non-hydrogen) atoms. The van der Waals surface area contributed by atoms with Crippen LogP contribution in [0.2, 0.25) is 5.02 Å². The third-order valence-corrected chi connectivity index (χ3v) is 2.73. The first-order chi connectivity index (χ1) is 8.39. The molecule has 0 unspecified atom stereocenters. The molecule has 1 aromatic rings. The lowest BCUT2D eigenvalue weighted by Crippen LogP contribution is -2.30. The molecule has 0 atom stereocenters. The van der Waals surface area contributed by atoms with Crippen molar-refractivity contribution >= 4 is 23.5 Å². The highest BCUT2D eigenvalue weighted by Crippen LogP contribution is 2.32. The van der Waals surface area contributed by atoms with Crippen LogP contribution in [-0.2, 0) is 15.0 Å². The third-order valence-electron chi connectivity index (χ3n) is 2.50. The molecule has 0 saturated heterocycles. The van der Waals surface area contributed by atoms with Gasteiger partial charge < -0.3 is 10.2 Å². The molecule has 0 radical (unpaired) electrons. The average Bonchev–Trinajstić information content (AvgIpc) is 2.26. The Kier molecular flexibility index (Phi) is 4.29. The van der Waals surface area contributed by atoms with Gasteiger partial charge in [0.15, 0.2) is 0 Å². The van der Waals surface area contributed by atoms with Crippen LogP contribution in [0.4, 0.5) is 0 Å². The highest BCUT2D eigenvalue weighted by molar-refractivity contribution is 6.30. The maximum Gasteiger partial charge on any atom is 0.305 e. The van der Waals surface area contributed by atoms with Crippen LogP contribution in [0.25, 0.3) is 0 Å². The molecule has 0 aromatic heterocycles. The Morgan fingerprint density at radius 3 is 2.22 bits per heavy atom. The second kappa shape index (κ2) is 5.52. The zero-order valence-corrected chi connectivity index (χ0v) is 10.0. The molecule has 0 spiro atoms. The van der Waals surface area contributed by atoms with E-state index in [4.69, 9.17) is 21.8 Å². The fraction of sp³-hybridized carbons (Fsp3) is 0.250. The number of carboxylic acid groups (broad SMARTS) is 2. The topological polar surface area (TPSA) is 98.4 Å². The van der Waals surface area contributed by atoms with E-state index < -0.39 is 30.2 Å². The molecule has 0 saturated carbocycles. The van der Waals surface area contributed by atoms with Crippen molar-refractivity contribution in [1.82, 2.24) is 0 Å². The van der Waals surface area contributed by atoms with Gasteiger partial charge in [-0.1, -0.05) is 23.7 Å². The number of carboxylic acids is 2. The maximum absolute atomic E-state index is 10.8. The van der Waals surface area contributed by atoms with Crippen LogP contribution < -0.4 is 0 Å². The lowest BCUT2D eigenvalue weighted by Gasteiger charge is -2.23. The summed E-state index contributed by atoms with van der Waals surface area (Å²) in [5, 5.41) is 27.2. The van der Waals surface area contributed by atoms with E-state index in [0.29, 0.717) is 10.6 Å². The van der Waals surface area contributed by atoms with E-state index in [0.717, 1.165) is 0 Å². The number of nitrogens with zero attached hydrogens (tertiary/aromatic N) is 1. The fourth-order valence-corrected chi connectivity index (χ4v) is 1.90. The highest BCUT2D eigenvalue weighted by Gasteiger charge is 2.37. The Bertz CT molecular complexity index is 505. The van der Waals surface area contributed by atoms with Crippen LogP contribution in [0, 0.1) is 11.3 Å². The van der Waals surface area contributed by atoms with E-state index in [2.05, 4.69) is 0 Å². The predicted molar refractivity (Wildman–Crippen MR) is 63.2 cm³/mol. The first-order valence-corrected chi connectivity index (χ1v) is 5.38. The van der Waals surface area contributed by atoms with Crippen LogP contribution in [0.5, 0.6) is 0 Å². The summed E-state index contributed by atoms with van der Waals surface area (Å²) in [6, 6.07) is 7.83. The number of rotatable bonds is 5. The lowest BCUT2D eigenvalue weighted by molar-refractivity contribution is -0.140. The van der Waals surface area contributed by atoms with Crippen molar-refractivity contribution in [3.05, 3.63) is 34.9 Å². The maximum atomic E-state index is 10.8. The van der Waals surface area contributed by atoms with E-state index in [1.54, 1.807) is 18.2 Å². The zero-order chi connectivity index (χ0) is 13.8. The molecule has 0 amide bonds. The summed E-state index contributed by atoms with van der Waals surface area (Å²) < 4.78 is 0. The predicted octanol–water partition coefficient (Wildman–Crippen LogP) is 2.05. The van der Waals surface area contributed by atoms with Crippen molar-refractivity contribution in [2.75, 3.05) is 0 Å². The van der Waals surface area contributed by atoms with Crippen molar-refractivity contribution in [3.8, 4) is 6.07 Å². The Balaban J connectivity index is 3.30. The summed E-state index contributed by atoms with van der Waals surface area (Å²) >= 11 is 5.78. The van der Waals surface area contributed by atoms with Gasteiger partial charge >= 0.3 is 11.9 Å². The summed E-state index contributed by atoms with van der Waals surface area (Å²) in [4.78, 5) is 21.7. The van der Waals surface area contributed by atoms with Crippen LogP contribution in [0.3, 0.4) is 0 Å². The van der Waals surface area contributed by atoms with Crippen LogP contribution in [0.1, 0.15) is 18.4 Å². The minimum absolute atomic E-state index is 0.294. The minimum Gasteiger partial charge on any atom is -0.481 e. The molecule has 0 fully saturated rings. The van der Waals surface area contributed by atoms with E-state index in [1.165, 1.54) is 12.1 Å². The third kappa shape index (κ3) is 3.22. The largest absolute Gasteiger partial charge is 0.481 e. The zero-order valence-electron chi connectivity index (χ0n) is 9.26. The molecule has 1 aromatic carbocycles. The Morgan fingerprint density at radius 1 is 1.28 bits per heavy atom. The first kappa shape index (κ1) is 14.0. The first-order valence-electron chi connectivity index (χ1n) is 5.00. The van der Waals surface area contributed by atoms with Gasteiger partial charge in [-0.2, -0.15) is 5.26 Å². The Morgan fingerprint density at radius 2 is 1.83 bits per heavy atom. The fourth-order valence-electron chi connectivity index (χ4n) is 1.71. The van der Waals surface area contributed by atoms with Gasteiger partial charge in [-0.25, -0.2) is 0 Å². The van der Waals surface area contributed by atoms with Gasteiger partial charge in [-0.3, -0.25) is 9.59 Å². The second-order valence-corrected chi connectivity index (χ2v) is 4.28. The number of hydrogen-bond acceptors (Lipinski definition) is 3. The van der Waals surface area contributed by atoms with Gasteiger partial charge in [0.1, 0.15) is 5.41 Å². The molecule has 6 heteroatoms. The van der Waals surface area contributed by atoms with Crippen molar-refractivity contribution < 1.29 is 19.8 Å². The van der Waals surface area contributed by atoms with Crippen molar-refractivity contribution in [3.63, 3.8) is 0 Å². The second-order valence-electron chi connectivity index (χ2n) is 3.85. The van der Waals surface area contributed by atoms with Gasteiger partial charge in [-0.15, -0.1) is 0 Å². The van der Waals surface area contributed by atoms with Gasteiger partial charge in [0.2, 0.25) is 0 Å². The smallest absolute Gasteiger partial charge is 0.305 e. The Labute approximate surface area is 108 Å². The van der Waals surface area contributed by atoms with Crippen LogP contribution >= 0.6 is 11.6 Å². The number of hydrogen-bond donors (Lipinski definition) is 2. The molecule has 0 aliphatic heterocycles. The van der Waals surface area contributed by atoms with Gasteiger partial charge in [0.25, 0.3) is 0 Å². The number of carbonyl (C=O) groups is 2. The summed E-state index contributed by atoms with van der Waals surface area (Å²) in [6.45, 7) is 0. The van der Waals surface area contributed by atoms with Crippen molar-refractivity contribution in [1.29, 1.82) is 5.26 Å². The van der Waals surface area contributed by atoms with E-state index in [1.807, 2.05) is 0 Å². The van der Waals surface area contributed by atoms with Gasteiger partial charge in [0.05, 0.1) is 18.9 Å².